The van der Waals surface area contributed by atoms with Crippen LogP contribution in [0.3, 0.4) is 0 Å². The first-order valence-corrected chi connectivity index (χ1v) is 5.16. The minimum atomic E-state index is -0.304. The van der Waals surface area contributed by atoms with Crippen molar-refractivity contribution in [3.63, 3.8) is 0 Å². The molecule has 0 aromatic rings. The molecular weight excluding hydrogens is 178 g/mol. The average molecular weight is 197 g/mol. The highest BCUT2D eigenvalue weighted by Crippen LogP contribution is 2.17. The highest BCUT2D eigenvalue weighted by atomic mass is 16.6. The first-order valence-electron chi connectivity index (χ1n) is 5.16. The molecule has 0 saturated carbocycles. The van der Waals surface area contributed by atoms with Crippen LogP contribution in [0.15, 0.2) is 12.2 Å². The van der Waals surface area contributed by atoms with E-state index in [2.05, 4.69) is 39.1 Å². The van der Waals surface area contributed by atoms with Crippen LogP contribution in [-0.4, -0.2) is 18.2 Å². The number of amides is 1. The average Bonchev–Trinajstić information content (AvgIpc) is 2.43. The van der Waals surface area contributed by atoms with Gasteiger partial charge in [-0.15, -0.1) is 0 Å². The van der Waals surface area contributed by atoms with Crippen molar-refractivity contribution in [3.05, 3.63) is 12.2 Å². The van der Waals surface area contributed by atoms with Gasteiger partial charge in [-0.05, 0) is 17.9 Å². The number of cyclic esters (lactones) is 1. The Morgan fingerprint density at radius 2 is 2.00 bits per heavy atom. The first kappa shape index (κ1) is 11.1. The highest BCUT2D eigenvalue weighted by molar-refractivity contribution is 5.70. The third kappa shape index (κ3) is 2.76. The maximum Gasteiger partial charge on any atom is 0.408 e. The molecule has 1 fully saturated rings. The Morgan fingerprint density at radius 3 is 2.50 bits per heavy atom. The summed E-state index contributed by atoms with van der Waals surface area (Å²) in [5.74, 6) is 0.880. The smallest absolute Gasteiger partial charge is 0.408 e. The SMILES string of the molecule is CC(C)/C=C/[C@@H]1OC(=O)N[C@H]1C(C)C. The summed E-state index contributed by atoms with van der Waals surface area (Å²) in [6.07, 6.45) is 3.64. The second kappa shape index (κ2) is 4.49. The second-order valence-corrected chi connectivity index (χ2v) is 4.41. The van der Waals surface area contributed by atoms with Crippen molar-refractivity contribution in [2.45, 2.75) is 39.8 Å². The van der Waals surface area contributed by atoms with Gasteiger partial charge in [0.05, 0.1) is 6.04 Å². The van der Waals surface area contributed by atoms with E-state index in [9.17, 15) is 4.79 Å². The van der Waals surface area contributed by atoms with Gasteiger partial charge in [-0.1, -0.05) is 33.8 Å². The van der Waals surface area contributed by atoms with Gasteiger partial charge in [-0.25, -0.2) is 4.79 Å². The Labute approximate surface area is 85.5 Å². The van der Waals surface area contributed by atoms with Crippen molar-refractivity contribution in [3.8, 4) is 0 Å². The van der Waals surface area contributed by atoms with Crippen LogP contribution < -0.4 is 5.32 Å². The van der Waals surface area contributed by atoms with Crippen molar-refractivity contribution in [1.82, 2.24) is 5.32 Å². The zero-order chi connectivity index (χ0) is 10.7. The minimum Gasteiger partial charge on any atom is -0.440 e. The van der Waals surface area contributed by atoms with E-state index in [4.69, 9.17) is 4.74 Å². The van der Waals surface area contributed by atoms with Crippen LogP contribution in [0.25, 0.3) is 0 Å². The first-order chi connectivity index (χ1) is 6.50. The number of allylic oxidation sites excluding steroid dienone is 1. The lowest BCUT2D eigenvalue weighted by Gasteiger charge is -2.17. The van der Waals surface area contributed by atoms with E-state index in [1.54, 1.807) is 0 Å². The van der Waals surface area contributed by atoms with E-state index < -0.39 is 0 Å². The van der Waals surface area contributed by atoms with E-state index >= 15 is 0 Å². The lowest BCUT2D eigenvalue weighted by Crippen LogP contribution is -2.35. The Hall–Kier alpha value is -0.990. The zero-order valence-electron chi connectivity index (χ0n) is 9.28. The van der Waals surface area contributed by atoms with Gasteiger partial charge in [0.2, 0.25) is 0 Å². The monoisotopic (exact) mass is 197 g/mol. The molecule has 1 saturated heterocycles. The standard InChI is InChI=1S/C11H19NO2/c1-7(2)5-6-9-10(8(3)4)12-11(13)14-9/h5-10H,1-4H3,(H,12,13)/b6-5+/t9-,10-/m0/s1. The highest BCUT2D eigenvalue weighted by Gasteiger charge is 2.33. The molecular formula is C11H19NO2. The molecule has 0 unspecified atom stereocenters. The van der Waals surface area contributed by atoms with Gasteiger partial charge in [0.15, 0.2) is 0 Å². The quantitative estimate of drug-likeness (QED) is 0.705. The molecule has 3 heteroatoms. The summed E-state index contributed by atoms with van der Waals surface area (Å²) in [4.78, 5) is 11.0. The van der Waals surface area contributed by atoms with E-state index in [-0.39, 0.29) is 18.2 Å². The second-order valence-electron chi connectivity index (χ2n) is 4.41. The molecule has 1 aliphatic heterocycles. The fraction of sp³-hybridized carbons (Fsp3) is 0.727. The van der Waals surface area contributed by atoms with Gasteiger partial charge in [-0.3, -0.25) is 0 Å². The number of hydrogen-bond acceptors (Lipinski definition) is 2. The fourth-order valence-electron chi connectivity index (χ4n) is 1.49. The van der Waals surface area contributed by atoms with Gasteiger partial charge in [-0.2, -0.15) is 0 Å². The number of carbonyl (C=O) groups excluding carboxylic acids is 1. The third-order valence-electron chi connectivity index (χ3n) is 2.29. The maximum absolute atomic E-state index is 11.0. The predicted octanol–water partition coefficient (Wildman–Crippen LogP) is 2.33. The fourth-order valence-corrected chi connectivity index (χ4v) is 1.49. The molecule has 0 aliphatic carbocycles. The predicted molar refractivity (Wildman–Crippen MR) is 56.0 cm³/mol. The van der Waals surface area contributed by atoms with Crippen molar-refractivity contribution in [1.29, 1.82) is 0 Å². The summed E-state index contributed by atoms with van der Waals surface area (Å²) in [7, 11) is 0. The van der Waals surface area contributed by atoms with Crippen molar-refractivity contribution in [2.24, 2.45) is 11.8 Å². The minimum absolute atomic E-state index is 0.107. The van der Waals surface area contributed by atoms with Crippen molar-refractivity contribution in [2.75, 3.05) is 0 Å². The number of nitrogens with one attached hydrogen (secondary N) is 1. The lowest BCUT2D eigenvalue weighted by atomic mass is 9.98. The number of carbonyl (C=O) groups is 1. The molecule has 1 heterocycles. The Bertz CT molecular complexity index is 233. The number of alkyl carbamates (subject to hydrolysis) is 1. The molecule has 2 atom stereocenters. The molecule has 3 nitrogen and oxygen atoms in total. The molecule has 1 aliphatic rings. The molecule has 0 aromatic carbocycles. The van der Waals surface area contributed by atoms with Crippen LogP contribution in [0, 0.1) is 11.8 Å². The Balaban J connectivity index is 2.62. The van der Waals surface area contributed by atoms with E-state index in [0.29, 0.717) is 11.8 Å². The molecule has 1 amide bonds. The molecule has 0 bridgehead atoms. The summed E-state index contributed by atoms with van der Waals surface area (Å²) in [6, 6.07) is 0.109. The molecule has 0 radical (unpaired) electrons. The molecule has 80 valence electrons. The van der Waals surface area contributed by atoms with Gasteiger partial charge in [0, 0.05) is 0 Å². The van der Waals surface area contributed by atoms with Crippen LogP contribution in [0.4, 0.5) is 4.79 Å². The van der Waals surface area contributed by atoms with Crippen LogP contribution in [0.1, 0.15) is 27.7 Å². The number of ether oxygens (including phenoxy) is 1. The van der Waals surface area contributed by atoms with Crippen molar-refractivity contribution >= 4 is 6.09 Å². The van der Waals surface area contributed by atoms with E-state index in [0.717, 1.165) is 0 Å². The lowest BCUT2D eigenvalue weighted by molar-refractivity contribution is 0.149. The van der Waals surface area contributed by atoms with E-state index in [1.165, 1.54) is 0 Å². The summed E-state index contributed by atoms with van der Waals surface area (Å²) in [5.41, 5.74) is 0. The van der Waals surface area contributed by atoms with Gasteiger partial charge < -0.3 is 10.1 Å². The van der Waals surface area contributed by atoms with E-state index in [1.807, 2.05) is 6.08 Å². The maximum atomic E-state index is 11.0. The zero-order valence-corrected chi connectivity index (χ0v) is 9.28. The summed E-state index contributed by atoms with van der Waals surface area (Å²) >= 11 is 0. The summed E-state index contributed by atoms with van der Waals surface area (Å²) < 4.78 is 5.15. The van der Waals surface area contributed by atoms with Crippen LogP contribution in [0.5, 0.6) is 0 Å². The Kier molecular flexibility index (Phi) is 3.55. The van der Waals surface area contributed by atoms with Crippen LogP contribution in [0.2, 0.25) is 0 Å². The summed E-state index contributed by atoms with van der Waals surface area (Å²) in [5, 5.41) is 2.81. The number of rotatable bonds is 3. The topological polar surface area (TPSA) is 38.3 Å². The molecule has 1 N–H and O–H groups in total. The normalized spacial score (nSPS) is 27.4. The Morgan fingerprint density at radius 1 is 1.36 bits per heavy atom. The summed E-state index contributed by atoms with van der Waals surface area (Å²) in [6.45, 7) is 8.36. The van der Waals surface area contributed by atoms with Gasteiger partial charge in [0.25, 0.3) is 0 Å². The van der Waals surface area contributed by atoms with Gasteiger partial charge >= 0.3 is 6.09 Å². The number of hydrogen-bond donors (Lipinski definition) is 1. The van der Waals surface area contributed by atoms with Crippen molar-refractivity contribution < 1.29 is 9.53 Å². The molecule has 14 heavy (non-hydrogen) atoms. The van der Waals surface area contributed by atoms with Crippen LogP contribution in [-0.2, 0) is 4.74 Å². The molecule has 0 aromatic heterocycles. The third-order valence-corrected chi connectivity index (χ3v) is 2.29. The molecule has 1 rings (SSSR count). The molecule has 0 spiro atoms. The largest absolute Gasteiger partial charge is 0.440 e. The van der Waals surface area contributed by atoms with Gasteiger partial charge in [0.1, 0.15) is 6.10 Å². The van der Waals surface area contributed by atoms with Crippen LogP contribution >= 0.6 is 0 Å².